The fourth-order valence-corrected chi connectivity index (χ4v) is 5.54. The number of nitrogens with one attached hydrogen (secondary N) is 1. The summed E-state index contributed by atoms with van der Waals surface area (Å²) in [6.07, 6.45) is 3.37. The van der Waals surface area contributed by atoms with Crippen LogP contribution in [0.5, 0.6) is 5.75 Å². The van der Waals surface area contributed by atoms with Crippen molar-refractivity contribution in [3.63, 3.8) is 0 Å². The first-order valence-corrected chi connectivity index (χ1v) is 14.4. The average Bonchev–Trinajstić information content (AvgIpc) is 2.99. The Morgan fingerprint density at radius 3 is 2.27 bits per heavy atom. The van der Waals surface area contributed by atoms with Crippen LogP contribution in [-0.2, 0) is 26.5 Å². The Bertz CT molecular complexity index is 1290. The van der Waals surface area contributed by atoms with Crippen molar-refractivity contribution in [3.05, 3.63) is 102 Å². The van der Waals surface area contributed by atoms with Gasteiger partial charge in [0.05, 0.1) is 6.61 Å². The van der Waals surface area contributed by atoms with Crippen LogP contribution in [0, 0.1) is 5.92 Å². The summed E-state index contributed by atoms with van der Waals surface area (Å²) in [6.45, 7) is 2.85. The lowest BCUT2D eigenvalue weighted by Crippen LogP contribution is -2.51. The quantitative estimate of drug-likeness (QED) is 0.310. The molecule has 1 aliphatic heterocycles. The Balaban J connectivity index is 1.20. The number of likely N-dealkylation sites (tertiary alicyclic amines) is 1. The number of carbonyl (C=O) groups excluding carboxylic acids is 2. The number of amides is 1. The number of carbonyl (C=O) groups is 2. The second-order valence-corrected chi connectivity index (χ2v) is 11.2. The fourth-order valence-electron chi connectivity index (χ4n) is 5.54. The molecule has 3 aromatic rings. The van der Waals surface area contributed by atoms with Crippen molar-refractivity contribution in [1.29, 1.82) is 0 Å². The molecule has 8 heteroatoms. The molecule has 4 N–H and O–H groups in total. The highest BCUT2D eigenvalue weighted by Crippen LogP contribution is 2.34. The standard InChI is InChI=1S/C33H39N3O5/c34-28-19-29(20-28)35-31(37)23-40-30-13-7-12-27(18-30)33(39,26-10-5-2-6-11-26)32(38)41-22-25-14-16-36(17-15-25)21-24-8-3-1-4-9-24/h1-13,18,25,28-29,39H,14-17,19-23,34H2,(H,35,37)/t28?,29?,33-/m0/s1. The third kappa shape index (κ3) is 7.33. The molecular formula is C33H39N3O5. The number of aliphatic hydroxyl groups is 1. The van der Waals surface area contributed by atoms with Gasteiger partial charge in [0.2, 0.25) is 5.60 Å². The summed E-state index contributed by atoms with van der Waals surface area (Å²) < 4.78 is 11.5. The molecule has 0 spiro atoms. The zero-order chi connectivity index (χ0) is 28.7. The first kappa shape index (κ1) is 28.8. The number of esters is 1. The van der Waals surface area contributed by atoms with Gasteiger partial charge in [-0.1, -0.05) is 72.8 Å². The lowest BCUT2D eigenvalue weighted by Gasteiger charge is -2.33. The van der Waals surface area contributed by atoms with Crippen LogP contribution in [0.25, 0.3) is 0 Å². The smallest absolute Gasteiger partial charge is 0.347 e. The van der Waals surface area contributed by atoms with Crippen LogP contribution in [0.3, 0.4) is 0 Å². The van der Waals surface area contributed by atoms with Crippen molar-refractivity contribution < 1.29 is 24.2 Å². The molecule has 0 bridgehead atoms. The lowest BCUT2D eigenvalue weighted by atomic mass is 9.86. The van der Waals surface area contributed by atoms with E-state index in [1.165, 1.54) is 5.56 Å². The number of nitrogens with two attached hydrogens (primary N) is 1. The Morgan fingerprint density at radius 1 is 0.927 bits per heavy atom. The Morgan fingerprint density at radius 2 is 1.59 bits per heavy atom. The topological polar surface area (TPSA) is 114 Å². The summed E-state index contributed by atoms with van der Waals surface area (Å²) in [5.41, 5.74) is 5.77. The van der Waals surface area contributed by atoms with E-state index in [9.17, 15) is 14.7 Å². The minimum atomic E-state index is -2.03. The normalized spacial score (nSPS) is 20.8. The molecule has 41 heavy (non-hydrogen) atoms. The van der Waals surface area contributed by atoms with Crippen molar-refractivity contribution in [1.82, 2.24) is 10.2 Å². The summed E-state index contributed by atoms with van der Waals surface area (Å²) in [7, 11) is 0. The van der Waals surface area contributed by atoms with Gasteiger partial charge in [-0.05, 0) is 68.0 Å². The minimum absolute atomic E-state index is 0.0847. The Hall–Kier alpha value is -3.72. The van der Waals surface area contributed by atoms with Gasteiger partial charge < -0.3 is 25.6 Å². The van der Waals surface area contributed by atoms with Gasteiger partial charge in [-0.25, -0.2) is 4.79 Å². The van der Waals surface area contributed by atoms with E-state index in [4.69, 9.17) is 15.2 Å². The van der Waals surface area contributed by atoms with E-state index >= 15 is 0 Å². The first-order chi connectivity index (χ1) is 19.9. The summed E-state index contributed by atoms with van der Waals surface area (Å²) in [6, 6.07) is 26.0. The maximum atomic E-state index is 13.6. The number of hydrogen-bond acceptors (Lipinski definition) is 7. The molecule has 1 amide bonds. The van der Waals surface area contributed by atoms with Crippen molar-refractivity contribution >= 4 is 11.9 Å². The number of benzene rings is 3. The molecule has 1 saturated carbocycles. The predicted octanol–water partition coefficient (Wildman–Crippen LogP) is 3.36. The van der Waals surface area contributed by atoms with Crippen LogP contribution in [0.15, 0.2) is 84.9 Å². The number of hydrogen-bond donors (Lipinski definition) is 3. The van der Waals surface area contributed by atoms with Gasteiger partial charge in [-0.15, -0.1) is 0 Å². The molecule has 216 valence electrons. The third-order valence-corrected chi connectivity index (χ3v) is 8.05. The highest BCUT2D eigenvalue weighted by molar-refractivity contribution is 5.85. The molecule has 1 saturated heterocycles. The molecule has 5 rings (SSSR count). The fraction of sp³-hybridized carbons (Fsp3) is 0.394. The molecule has 0 radical (unpaired) electrons. The minimum Gasteiger partial charge on any atom is -0.484 e. The number of rotatable bonds is 11. The van der Waals surface area contributed by atoms with Crippen LogP contribution < -0.4 is 15.8 Å². The molecule has 1 atom stereocenters. The van der Waals surface area contributed by atoms with Crippen molar-refractivity contribution in [2.24, 2.45) is 11.7 Å². The van der Waals surface area contributed by atoms with E-state index in [0.29, 0.717) is 16.9 Å². The summed E-state index contributed by atoms with van der Waals surface area (Å²) in [4.78, 5) is 28.3. The van der Waals surface area contributed by atoms with Gasteiger partial charge in [-0.3, -0.25) is 9.69 Å². The molecule has 8 nitrogen and oxygen atoms in total. The van der Waals surface area contributed by atoms with Gasteiger partial charge >= 0.3 is 5.97 Å². The van der Waals surface area contributed by atoms with Crippen molar-refractivity contribution in [3.8, 4) is 5.75 Å². The maximum Gasteiger partial charge on any atom is 0.347 e. The van der Waals surface area contributed by atoms with Gasteiger partial charge in [-0.2, -0.15) is 0 Å². The molecule has 1 heterocycles. The molecular weight excluding hydrogens is 518 g/mol. The van der Waals surface area contributed by atoms with E-state index in [1.54, 1.807) is 48.5 Å². The van der Waals surface area contributed by atoms with Gasteiger partial charge in [0.1, 0.15) is 5.75 Å². The highest BCUT2D eigenvalue weighted by atomic mass is 16.5. The maximum absolute atomic E-state index is 13.6. The monoisotopic (exact) mass is 557 g/mol. The van der Waals surface area contributed by atoms with E-state index in [0.717, 1.165) is 45.3 Å². The zero-order valence-electron chi connectivity index (χ0n) is 23.3. The molecule has 2 fully saturated rings. The molecule has 0 unspecified atom stereocenters. The van der Waals surface area contributed by atoms with Crippen LogP contribution in [0.1, 0.15) is 42.4 Å². The number of piperidine rings is 1. The molecule has 3 aromatic carbocycles. The molecule has 2 aliphatic rings. The largest absolute Gasteiger partial charge is 0.484 e. The van der Waals surface area contributed by atoms with Gasteiger partial charge in [0.25, 0.3) is 5.91 Å². The van der Waals surface area contributed by atoms with Gasteiger partial charge in [0.15, 0.2) is 6.61 Å². The van der Waals surface area contributed by atoms with Crippen LogP contribution in [-0.4, -0.2) is 60.3 Å². The van der Waals surface area contributed by atoms with Crippen molar-refractivity contribution in [2.75, 3.05) is 26.3 Å². The molecule has 1 aliphatic carbocycles. The second kappa shape index (κ2) is 13.3. The van der Waals surface area contributed by atoms with E-state index in [1.807, 2.05) is 12.1 Å². The SMILES string of the molecule is NC1CC(NC(=O)COc2cccc([C@](O)(C(=O)OCC3CCN(Cc4ccccc4)CC3)c3ccccc3)c2)C1. The molecule has 0 aromatic heterocycles. The third-order valence-electron chi connectivity index (χ3n) is 8.05. The first-order valence-electron chi connectivity index (χ1n) is 14.4. The average molecular weight is 558 g/mol. The number of nitrogens with zero attached hydrogens (tertiary/aromatic N) is 1. The summed E-state index contributed by atoms with van der Waals surface area (Å²) in [5.74, 6) is -0.369. The van der Waals surface area contributed by atoms with Gasteiger partial charge in [0, 0.05) is 24.2 Å². The van der Waals surface area contributed by atoms with Crippen LogP contribution in [0.4, 0.5) is 0 Å². The number of ether oxygens (including phenoxy) is 2. The van der Waals surface area contributed by atoms with Crippen molar-refractivity contribution in [2.45, 2.75) is 49.9 Å². The van der Waals surface area contributed by atoms with E-state index in [-0.39, 0.29) is 37.1 Å². The highest BCUT2D eigenvalue weighted by Gasteiger charge is 2.42. The Kier molecular flexibility index (Phi) is 9.34. The second-order valence-electron chi connectivity index (χ2n) is 11.2. The zero-order valence-corrected chi connectivity index (χ0v) is 23.3. The lowest BCUT2D eigenvalue weighted by molar-refractivity contribution is -0.164. The van der Waals surface area contributed by atoms with Crippen LogP contribution >= 0.6 is 0 Å². The van der Waals surface area contributed by atoms with E-state index in [2.05, 4.69) is 34.5 Å². The summed E-state index contributed by atoms with van der Waals surface area (Å²) in [5, 5.41) is 14.8. The van der Waals surface area contributed by atoms with Crippen LogP contribution in [0.2, 0.25) is 0 Å². The Labute approximate surface area is 241 Å². The predicted molar refractivity (Wildman–Crippen MR) is 156 cm³/mol. The van der Waals surface area contributed by atoms with E-state index < -0.39 is 11.6 Å². The summed E-state index contributed by atoms with van der Waals surface area (Å²) >= 11 is 0.